The molecule has 1 aromatic carbocycles. The summed E-state index contributed by atoms with van der Waals surface area (Å²) >= 11 is 0. The fraction of sp³-hybridized carbons (Fsp3) is 0.520. The summed E-state index contributed by atoms with van der Waals surface area (Å²) < 4.78 is 0. The molecule has 4 atom stereocenters. The minimum atomic E-state index is -1.39. The van der Waals surface area contributed by atoms with Crippen LogP contribution in [-0.4, -0.2) is 77.9 Å². The predicted octanol–water partition coefficient (Wildman–Crippen LogP) is -2.16. The molecule has 214 valence electrons. The van der Waals surface area contributed by atoms with Crippen LogP contribution in [0.4, 0.5) is 0 Å². The van der Waals surface area contributed by atoms with Gasteiger partial charge in [-0.2, -0.15) is 0 Å². The Morgan fingerprint density at radius 1 is 0.949 bits per heavy atom. The van der Waals surface area contributed by atoms with Gasteiger partial charge in [0.15, 0.2) is 5.96 Å². The number of guanidine groups is 1. The minimum absolute atomic E-state index is 0.0761. The van der Waals surface area contributed by atoms with E-state index in [1.54, 1.807) is 0 Å². The highest BCUT2D eigenvalue weighted by Gasteiger charge is 2.31. The molecule has 2 rings (SSSR count). The number of rotatable bonds is 16. The smallest absolute Gasteiger partial charge is 0.326 e. The molecule has 39 heavy (non-hydrogen) atoms. The zero-order valence-corrected chi connectivity index (χ0v) is 21.7. The van der Waals surface area contributed by atoms with Gasteiger partial charge in [0, 0.05) is 19.4 Å². The Bertz CT molecular complexity index is 1020. The number of hydrogen-bond acceptors (Lipinski definition) is 7. The second-order valence-corrected chi connectivity index (χ2v) is 9.31. The lowest BCUT2D eigenvalue weighted by Gasteiger charge is -2.25. The number of nitrogens with zero attached hydrogens (tertiary/aromatic N) is 1. The second kappa shape index (κ2) is 15.9. The van der Waals surface area contributed by atoms with E-state index >= 15 is 0 Å². The van der Waals surface area contributed by atoms with Crippen LogP contribution >= 0.6 is 0 Å². The van der Waals surface area contributed by atoms with Crippen molar-refractivity contribution in [3.8, 4) is 0 Å². The molecular weight excluding hydrogens is 508 g/mol. The molecule has 0 aromatic heterocycles. The Labute approximate surface area is 226 Å². The third-order valence-electron chi connectivity index (χ3n) is 6.16. The van der Waals surface area contributed by atoms with E-state index in [2.05, 4.69) is 26.3 Å². The largest absolute Gasteiger partial charge is 0.480 e. The van der Waals surface area contributed by atoms with E-state index < -0.39 is 47.9 Å². The first kappa shape index (κ1) is 31.0. The van der Waals surface area contributed by atoms with E-state index in [0.29, 0.717) is 13.0 Å². The first-order valence-electron chi connectivity index (χ1n) is 12.8. The lowest BCUT2D eigenvalue weighted by molar-refractivity contribution is -0.142. The summed E-state index contributed by atoms with van der Waals surface area (Å²) in [5.74, 6) is -3.91. The van der Waals surface area contributed by atoms with Gasteiger partial charge in [0.2, 0.25) is 23.6 Å². The third-order valence-corrected chi connectivity index (χ3v) is 6.16. The van der Waals surface area contributed by atoms with Gasteiger partial charge in [0.05, 0.1) is 6.04 Å². The van der Waals surface area contributed by atoms with Crippen LogP contribution in [-0.2, 0) is 30.4 Å². The zero-order chi connectivity index (χ0) is 28.8. The van der Waals surface area contributed by atoms with Gasteiger partial charge in [-0.15, -0.1) is 0 Å². The Kier molecular flexibility index (Phi) is 12.7. The molecule has 1 aliphatic rings. The van der Waals surface area contributed by atoms with Crippen molar-refractivity contribution in [1.82, 2.24) is 21.3 Å². The molecule has 4 amide bonds. The molecule has 14 nitrogen and oxygen atoms in total. The minimum Gasteiger partial charge on any atom is -0.480 e. The molecule has 14 heteroatoms. The molecule has 4 unspecified atom stereocenters. The Morgan fingerprint density at radius 2 is 1.62 bits per heavy atom. The summed E-state index contributed by atoms with van der Waals surface area (Å²) in [6, 6.07) is 5.10. The standard InChI is InChI=1S/C25H38N8O6/c26-20(34)11-10-18(24(38)39)32-22(36)17(9-5-13-30-25(27)28)31-23(37)19(14-15-6-2-1-3-7-15)33-21(35)16-8-4-12-29-16/h1-3,6-7,16-19,29H,4-5,8-14H2,(H2,26,34)(H,31,37)(H,32,36)(H,33,35)(H,38,39)(H4,27,28,30). The van der Waals surface area contributed by atoms with Crippen LogP contribution in [0, 0.1) is 0 Å². The molecular formula is C25H38N8O6. The molecule has 0 spiro atoms. The molecule has 1 saturated heterocycles. The van der Waals surface area contributed by atoms with Gasteiger partial charge < -0.3 is 43.6 Å². The molecule has 1 aliphatic heterocycles. The van der Waals surface area contributed by atoms with Crippen LogP contribution in [0.3, 0.4) is 0 Å². The van der Waals surface area contributed by atoms with Gasteiger partial charge >= 0.3 is 5.97 Å². The van der Waals surface area contributed by atoms with Crippen LogP contribution in [0.2, 0.25) is 0 Å². The summed E-state index contributed by atoms with van der Waals surface area (Å²) in [6.45, 7) is 0.871. The molecule has 0 bridgehead atoms. The van der Waals surface area contributed by atoms with Gasteiger partial charge in [-0.3, -0.25) is 24.2 Å². The maximum atomic E-state index is 13.4. The van der Waals surface area contributed by atoms with Gasteiger partial charge in [-0.05, 0) is 44.2 Å². The van der Waals surface area contributed by atoms with E-state index in [1.807, 2.05) is 30.3 Å². The number of carboxylic acid groups (broad SMARTS) is 1. The van der Waals surface area contributed by atoms with E-state index in [0.717, 1.165) is 12.0 Å². The van der Waals surface area contributed by atoms with Crippen LogP contribution in [0.5, 0.6) is 0 Å². The van der Waals surface area contributed by atoms with E-state index in [-0.39, 0.29) is 50.5 Å². The van der Waals surface area contributed by atoms with Crippen molar-refractivity contribution in [3.05, 3.63) is 35.9 Å². The maximum Gasteiger partial charge on any atom is 0.326 e. The Hall–Kier alpha value is -4.20. The third kappa shape index (κ3) is 11.4. The van der Waals surface area contributed by atoms with Crippen molar-refractivity contribution in [2.75, 3.05) is 13.1 Å². The van der Waals surface area contributed by atoms with Gasteiger partial charge in [-0.25, -0.2) is 4.79 Å². The number of carbonyl (C=O) groups is 5. The number of carbonyl (C=O) groups excluding carboxylic acids is 4. The SMILES string of the molecule is NC(=O)CCC(NC(=O)C(CCCN=C(N)N)NC(=O)C(Cc1ccccc1)NC(=O)C1CCCN1)C(=O)O. The molecule has 0 saturated carbocycles. The van der Waals surface area contributed by atoms with Crippen LogP contribution < -0.4 is 38.5 Å². The van der Waals surface area contributed by atoms with E-state index in [4.69, 9.17) is 17.2 Å². The summed E-state index contributed by atoms with van der Waals surface area (Å²) in [5, 5.41) is 20.4. The highest BCUT2D eigenvalue weighted by Crippen LogP contribution is 2.09. The van der Waals surface area contributed by atoms with Crippen LogP contribution in [0.1, 0.15) is 44.1 Å². The summed E-state index contributed by atoms with van der Waals surface area (Å²) in [4.78, 5) is 65.9. The number of amides is 4. The fourth-order valence-electron chi connectivity index (χ4n) is 4.10. The van der Waals surface area contributed by atoms with Crippen LogP contribution in [0.25, 0.3) is 0 Å². The van der Waals surface area contributed by atoms with Crippen molar-refractivity contribution in [3.63, 3.8) is 0 Å². The lowest BCUT2D eigenvalue weighted by atomic mass is 10.0. The average molecular weight is 547 g/mol. The van der Waals surface area contributed by atoms with Crippen molar-refractivity contribution in [1.29, 1.82) is 0 Å². The molecule has 0 aliphatic carbocycles. The van der Waals surface area contributed by atoms with E-state index in [9.17, 15) is 29.1 Å². The first-order valence-corrected chi connectivity index (χ1v) is 12.8. The monoisotopic (exact) mass is 546 g/mol. The number of benzene rings is 1. The van der Waals surface area contributed by atoms with Crippen LogP contribution in [0.15, 0.2) is 35.3 Å². The van der Waals surface area contributed by atoms with Crippen molar-refractivity contribution in [2.45, 2.75) is 69.1 Å². The zero-order valence-electron chi connectivity index (χ0n) is 21.7. The fourth-order valence-corrected chi connectivity index (χ4v) is 4.10. The Balaban J connectivity index is 2.20. The highest BCUT2D eigenvalue weighted by atomic mass is 16.4. The van der Waals surface area contributed by atoms with Gasteiger partial charge in [0.25, 0.3) is 0 Å². The average Bonchev–Trinajstić information content (AvgIpc) is 3.43. The number of nitrogens with two attached hydrogens (primary N) is 3. The highest BCUT2D eigenvalue weighted by molar-refractivity contribution is 5.94. The summed E-state index contributed by atoms with van der Waals surface area (Å²) in [7, 11) is 0. The normalized spacial score (nSPS) is 16.8. The molecule has 1 heterocycles. The van der Waals surface area contributed by atoms with Crippen molar-refractivity contribution < 1.29 is 29.1 Å². The summed E-state index contributed by atoms with van der Waals surface area (Å²) in [6.07, 6.45) is 1.55. The number of primary amides is 1. The van der Waals surface area contributed by atoms with Crippen molar-refractivity contribution in [2.24, 2.45) is 22.2 Å². The lowest BCUT2D eigenvalue weighted by Crippen LogP contribution is -2.57. The van der Waals surface area contributed by atoms with Crippen molar-refractivity contribution >= 4 is 35.6 Å². The topological polar surface area (TPSA) is 244 Å². The summed E-state index contributed by atoms with van der Waals surface area (Å²) in [5.41, 5.74) is 16.6. The quantitative estimate of drug-likeness (QED) is 0.0638. The van der Waals surface area contributed by atoms with Gasteiger partial charge in [-0.1, -0.05) is 30.3 Å². The first-order chi connectivity index (χ1) is 18.6. The molecule has 1 fully saturated rings. The number of carboxylic acids is 1. The Morgan fingerprint density at radius 3 is 2.21 bits per heavy atom. The second-order valence-electron chi connectivity index (χ2n) is 9.31. The number of hydrogen-bond donors (Lipinski definition) is 8. The number of nitrogens with one attached hydrogen (secondary N) is 4. The predicted molar refractivity (Wildman–Crippen MR) is 143 cm³/mol. The molecule has 0 radical (unpaired) electrons. The maximum absolute atomic E-state index is 13.4. The van der Waals surface area contributed by atoms with E-state index in [1.165, 1.54) is 0 Å². The number of aliphatic carboxylic acids is 1. The van der Waals surface area contributed by atoms with Gasteiger partial charge in [0.1, 0.15) is 18.1 Å². The molecule has 1 aromatic rings. The molecule has 11 N–H and O–H groups in total. The number of aliphatic imine (C=N–C) groups is 1.